The van der Waals surface area contributed by atoms with E-state index >= 15 is 0 Å². The van der Waals surface area contributed by atoms with Crippen LogP contribution in [0.5, 0.6) is 0 Å². The molecule has 4 heterocycles. The molecule has 1 N–H and O–H groups in total. The van der Waals surface area contributed by atoms with Crippen LogP contribution in [0.3, 0.4) is 0 Å². The van der Waals surface area contributed by atoms with Crippen LogP contribution >= 0.6 is 11.3 Å². The van der Waals surface area contributed by atoms with Crippen LogP contribution in [-0.4, -0.2) is 62.1 Å². The van der Waals surface area contributed by atoms with Crippen LogP contribution in [0, 0.1) is 0 Å². The van der Waals surface area contributed by atoms with Crippen molar-refractivity contribution in [3.8, 4) is 0 Å². The number of thiophene rings is 1. The third-order valence-corrected chi connectivity index (χ3v) is 8.96. The molecule has 1 aliphatic carbocycles. The maximum atomic E-state index is 11.8. The first kappa shape index (κ1) is 16.0. The average molecular weight is 380 g/mol. The van der Waals surface area contributed by atoms with Gasteiger partial charge in [0.1, 0.15) is 28.8 Å². The standard InChI is InChI=1S/C17H22N4O2S2/c22-25(23)9-4-12(10-25)20-5-7-21(8-6-20)16-15-13-2-1-3-14(13)24-17(15)19-11-18-16/h11-12H,1-10H2/p+1/t12-/m0/s1. The number of aromatic nitrogens is 2. The number of piperazine rings is 1. The Morgan fingerprint density at radius 1 is 1.20 bits per heavy atom. The fourth-order valence-electron chi connectivity index (χ4n) is 4.68. The molecule has 0 unspecified atom stereocenters. The number of rotatable bonds is 2. The molecule has 5 rings (SSSR count). The van der Waals surface area contributed by atoms with Gasteiger partial charge in [0.2, 0.25) is 0 Å². The van der Waals surface area contributed by atoms with E-state index in [1.165, 1.54) is 33.6 Å². The molecule has 8 heteroatoms. The van der Waals surface area contributed by atoms with Crippen LogP contribution in [0.1, 0.15) is 23.3 Å². The number of nitrogens with one attached hydrogen (secondary N) is 1. The minimum atomic E-state index is -2.79. The molecule has 2 aliphatic heterocycles. The number of nitrogens with zero attached hydrogens (tertiary/aromatic N) is 3. The van der Waals surface area contributed by atoms with E-state index in [1.807, 2.05) is 11.3 Å². The van der Waals surface area contributed by atoms with Gasteiger partial charge in [-0.05, 0) is 24.8 Å². The first-order chi connectivity index (χ1) is 12.1. The largest absolute Gasteiger partial charge is 0.345 e. The summed E-state index contributed by atoms with van der Waals surface area (Å²) < 4.78 is 23.5. The molecule has 0 bridgehead atoms. The lowest BCUT2D eigenvalue weighted by atomic mass is 10.1. The van der Waals surface area contributed by atoms with Crippen LogP contribution in [0.15, 0.2) is 6.33 Å². The van der Waals surface area contributed by atoms with E-state index in [0.29, 0.717) is 17.5 Å². The first-order valence-corrected chi connectivity index (χ1v) is 11.8. The van der Waals surface area contributed by atoms with E-state index in [1.54, 1.807) is 6.33 Å². The smallest absolute Gasteiger partial charge is 0.156 e. The highest BCUT2D eigenvalue weighted by atomic mass is 32.2. The topological polar surface area (TPSA) is 67.6 Å². The van der Waals surface area contributed by atoms with Gasteiger partial charge in [0, 0.05) is 11.3 Å². The van der Waals surface area contributed by atoms with E-state index in [4.69, 9.17) is 0 Å². The van der Waals surface area contributed by atoms with Gasteiger partial charge in [0.25, 0.3) is 0 Å². The Bertz CT molecular complexity index is 916. The van der Waals surface area contributed by atoms with Crippen molar-refractivity contribution in [1.29, 1.82) is 0 Å². The molecule has 3 aliphatic rings. The van der Waals surface area contributed by atoms with Gasteiger partial charge in [-0.2, -0.15) is 0 Å². The maximum absolute atomic E-state index is 11.8. The molecule has 1 atom stereocenters. The van der Waals surface area contributed by atoms with E-state index in [9.17, 15) is 8.42 Å². The summed E-state index contributed by atoms with van der Waals surface area (Å²) in [5, 5.41) is 1.28. The van der Waals surface area contributed by atoms with Crippen LogP contribution in [0.4, 0.5) is 5.82 Å². The molecule has 25 heavy (non-hydrogen) atoms. The number of hydrogen-bond donors (Lipinski definition) is 1. The zero-order chi connectivity index (χ0) is 17.0. The SMILES string of the molecule is O=S1(=O)CC[C@H]([NH+]2CCN(c3ncnc4sc5c(c34)CCC5)CC2)C1. The molecule has 2 fully saturated rings. The molecule has 0 saturated carbocycles. The molecule has 2 aromatic heterocycles. The predicted molar refractivity (Wildman–Crippen MR) is 99.4 cm³/mol. The molecule has 2 aromatic rings. The minimum Gasteiger partial charge on any atom is -0.345 e. The third-order valence-electron chi connectivity index (χ3n) is 6.00. The highest BCUT2D eigenvalue weighted by Gasteiger charge is 2.37. The molecule has 134 valence electrons. The number of hydrogen-bond acceptors (Lipinski definition) is 6. The summed E-state index contributed by atoms with van der Waals surface area (Å²) in [7, 11) is -2.79. The lowest BCUT2D eigenvalue weighted by molar-refractivity contribution is -0.922. The highest BCUT2D eigenvalue weighted by molar-refractivity contribution is 7.91. The van der Waals surface area contributed by atoms with Crippen LogP contribution in [0.25, 0.3) is 10.2 Å². The first-order valence-electron chi connectivity index (χ1n) is 9.16. The molecule has 0 aromatic carbocycles. The summed E-state index contributed by atoms with van der Waals surface area (Å²) in [4.78, 5) is 15.6. The zero-order valence-electron chi connectivity index (χ0n) is 14.2. The lowest BCUT2D eigenvalue weighted by Gasteiger charge is -2.35. The Hall–Kier alpha value is -1.25. The summed E-state index contributed by atoms with van der Waals surface area (Å²) in [6.45, 7) is 3.89. The quantitative estimate of drug-likeness (QED) is 0.800. The van der Waals surface area contributed by atoms with Crippen LogP contribution in [0.2, 0.25) is 0 Å². The Morgan fingerprint density at radius 2 is 2.04 bits per heavy atom. The van der Waals surface area contributed by atoms with E-state index in [2.05, 4.69) is 14.9 Å². The molecule has 6 nitrogen and oxygen atoms in total. The van der Waals surface area contributed by atoms with Gasteiger partial charge in [0.05, 0.1) is 37.3 Å². The molecular weight excluding hydrogens is 356 g/mol. The zero-order valence-corrected chi connectivity index (χ0v) is 15.8. The normalized spacial score (nSPS) is 26.4. The summed E-state index contributed by atoms with van der Waals surface area (Å²) in [6.07, 6.45) is 6.11. The summed E-state index contributed by atoms with van der Waals surface area (Å²) in [5.41, 5.74) is 1.48. The number of aryl methyl sites for hydroxylation is 2. The number of sulfone groups is 1. The average Bonchev–Trinajstić information content (AvgIpc) is 3.28. The van der Waals surface area contributed by atoms with Crippen molar-refractivity contribution >= 4 is 37.2 Å². The van der Waals surface area contributed by atoms with Gasteiger partial charge in [0.15, 0.2) is 9.84 Å². The number of anilines is 1. The molecule has 2 saturated heterocycles. The minimum absolute atomic E-state index is 0.294. The Balaban J connectivity index is 1.37. The number of quaternary nitrogens is 1. The van der Waals surface area contributed by atoms with Gasteiger partial charge >= 0.3 is 0 Å². The number of fused-ring (bicyclic) bond motifs is 3. The highest BCUT2D eigenvalue weighted by Crippen LogP contribution is 2.40. The van der Waals surface area contributed by atoms with Gasteiger partial charge < -0.3 is 9.80 Å². The second kappa shape index (κ2) is 5.89. The van der Waals surface area contributed by atoms with Crippen molar-refractivity contribution < 1.29 is 13.3 Å². The van der Waals surface area contributed by atoms with E-state index in [0.717, 1.165) is 49.7 Å². The fraction of sp³-hybridized carbons (Fsp3) is 0.647. The van der Waals surface area contributed by atoms with Crippen molar-refractivity contribution in [1.82, 2.24) is 9.97 Å². The molecule has 0 amide bonds. The predicted octanol–water partition coefficient (Wildman–Crippen LogP) is 0.0720. The molecular formula is C17H23N4O2S2+. The van der Waals surface area contributed by atoms with E-state index < -0.39 is 9.84 Å². The van der Waals surface area contributed by atoms with Crippen molar-refractivity contribution in [2.45, 2.75) is 31.7 Å². The Kier molecular flexibility index (Phi) is 3.76. The molecule has 0 radical (unpaired) electrons. The van der Waals surface area contributed by atoms with Crippen LogP contribution in [-0.2, 0) is 22.7 Å². The summed E-state index contributed by atoms with van der Waals surface area (Å²) in [5.74, 6) is 1.85. The maximum Gasteiger partial charge on any atom is 0.156 e. The van der Waals surface area contributed by atoms with Crippen molar-refractivity contribution in [3.05, 3.63) is 16.8 Å². The van der Waals surface area contributed by atoms with Crippen molar-refractivity contribution in [3.63, 3.8) is 0 Å². The van der Waals surface area contributed by atoms with Gasteiger partial charge in [-0.25, -0.2) is 18.4 Å². The van der Waals surface area contributed by atoms with Gasteiger partial charge in [-0.1, -0.05) is 0 Å². The van der Waals surface area contributed by atoms with Crippen molar-refractivity contribution in [2.24, 2.45) is 0 Å². The second-order valence-corrected chi connectivity index (χ2v) is 10.8. The van der Waals surface area contributed by atoms with E-state index in [-0.39, 0.29) is 0 Å². The van der Waals surface area contributed by atoms with Crippen molar-refractivity contribution in [2.75, 3.05) is 42.6 Å². The Morgan fingerprint density at radius 3 is 2.80 bits per heavy atom. The fourth-order valence-corrected chi connectivity index (χ4v) is 7.73. The third kappa shape index (κ3) is 2.74. The monoisotopic (exact) mass is 379 g/mol. The lowest BCUT2D eigenvalue weighted by Crippen LogP contribution is -3.18. The second-order valence-electron chi connectivity index (χ2n) is 7.48. The van der Waals surface area contributed by atoms with Gasteiger partial charge in [-0.15, -0.1) is 11.3 Å². The Labute approximate surface area is 151 Å². The molecule has 0 spiro atoms. The summed E-state index contributed by atoms with van der Waals surface area (Å²) >= 11 is 1.84. The van der Waals surface area contributed by atoms with Gasteiger partial charge in [-0.3, -0.25) is 0 Å². The summed E-state index contributed by atoms with van der Waals surface area (Å²) in [6, 6.07) is 0.294. The van der Waals surface area contributed by atoms with Crippen LogP contribution < -0.4 is 9.80 Å².